The van der Waals surface area contributed by atoms with Gasteiger partial charge in [0.2, 0.25) is 0 Å². The van der Waals surface area contributed by atoms with Crippen molar-refractivity contribution in [3.63, 3.8) is 0 Å². The van der Waals surface area contributed by atoms with Gasteiger partial charge in [0.05, 0.1) is 0 Å². The maximum atomic E-state index is 6.31. The number of fused-ring (bicyclic) bond motifs is 1. The van der Waals surface area contributed by atoms with E-state index in [1.807, 2.05) is 12.1 Å². The summed E-state index contributed by atoms with van der Waals surface area (Å²) in [4.78, 5) is 0. The second kappa shape index (κ2) is 4.21. The van der Waals surface area contributed by atoms with Crippen molar-refractivity contribution in [2.75, 3.05) is 6.54 Å². The molecule has 1 aromatic carbocycles. The first-order valence-electron chi connectivity index (χ1n) is 5.69. The molecule has 0 saturated carbocycles. The Morgan fingerprint density at radius 2 is 1.94 bits per heavy atom. The molecule has 0 heterocycles. The minimum Gasteiger partial charge on any atom is -0.310 e. The van der Waals surface area contributed by atoms with Crippen molar-refractivity contribution in [1.29, 1.82) is 0 Å². The highest BCUT2D eigenvalue weighted by Crippen LogP contribution is 2.50. The van der Waals surface area contributed by atoms with Crippen LogP contribution in [0.15, 0.2) is 12.1 Å². The molecule has 0 fully saturated rings. The first kappa shape index (κ1) is 12.2. The maximum Gasteiger partial charge on any atom is 0.0457 e. The normalized spacial score (nSPS) is 22.2. The predicted molar refractivity (Wildman–Crippen MR) is 70.5 cm³/mol. The molecule has 16 heavy (non-hydrogen) atoms. The summed E-state index contributed by atoms with van der Waals surface area (Å²) in [7, 11) is 0. The van der Waals surface area contributed by atoms with Crippen molar-refractivity contribution >= 4 is 23.2 Å². The minimum atomic E-state index is 0.101. The summed E-state index contributed by atoms with van der Waals surface area (Å²) in [5.74, 6) is 0. The first-order chi connectivity index (χ1) is 7.47. The standard InChI is InChI=1S/C13H17Cl2N/c1-4-16-10-7-13(2,3)12-9(15)6-5-8(14)11(10)12/h5-6,10,16H,4,7H2,1-3H3. The van der Waals surface area contributed by atoms with Crippen molar-refractivity contribution in [2.24, 2.45) is 0 Å². The number of rotatable bonds is 2. The summed E-state index contributed by atoms with van der Waals surface area (Å²) in [5, 5.41) is 5.15. The van der Waals surface area contributed by atoms with Gasteiger partial charge in [-0.15, -0.1) is 0 Å². The van der Waals surface area contributed by atoms with Crippen LogP contribution in [0.4, 0.5) is 0 Å². The average Bonchev–Trinajstić information content (AvgIpc) is 2.46. The van der Waals surface area contributed by atoms with Gasteiger partial charge in [-0.2, -0.15) is 0 Å². The fraction of sp³-hybridized carbons (Fsp3) is 0.538. The molecule has 1 nitrogen and oxygen atoms in total. The van der Waals surface area contributed by atoms with E-state index in [4.69, 9.17) is 23.2 Å². The lowest BCUT2D eigenvalue weighted by atomic mass is 9.86. The fourth-order valence-electron chi connectivity index (χ4n) is 2.73. The Morgan fingerprint density at radius 1 is 1.31 bits per heavy atom. The van der Waals surface area contributed by atoms with E-state index in [9.17, 15) is 0 Å². The van der Waals surface area contributed by atoms with Gasteiger partial charge in [0.25, 0.3) is 0 Å². The number of benzene rings is 1. The molecule has 0 bridgehead atoms. The monoisotopic (exact) mass is 257 g/mol. The lowest BCUT2D eigenvalue weighted by Crippen LogP contribution is -2.21. The van der Waals surface area contributed by atoms with Crippen molar-refractivity contribution in [3.8, 4) is 0 Å². The molecular formula is C13H17Cl2N. The lowest BCUT2D eigenvalue weighted by Gasteiger charge is -2.20. The lowest BCUT2D eigenvalue weighted by molar-refractivity contribution is 0.434. The highest BCUT2D eigenvalue weighted by molar-refractivity contribution is 6.34. The molecule has 1 atom stereocenters. The highest BCUT2D eigenvalue weighted by Gasteiger charge is 2.39. The smallest absolute Gasteiger partial charge is 0.0457 e. The van der Waals surface area contributed by atoms with Gasteiger partial charge in [-0.3, -0.25) is 0 Å². The average molecular weight is 258 g/mol. The van der Waals surface area contributed by atoms with Crippen LogP contribution in [0.1, 0.15) is 44.4 Å². The van der Waals surface area contributed by atoms with Crippen molar-refractivity contribution in [2.45, 2.75) is 38.6 Å². The Bertz CT molecular complexity index is 413. The van der Waals surface area contributed by atoms with E-state index in [-0.39, 0.29) is 5.41 Å². The molecule has 3 heteroatoms. The molecule has 0 aromatic heterocycles. The third-order valence-electron chi connectivity index (χ3n) is 3.33. The second-order valence-electron chi connectivity index (χ2n) is 5.02. The van der Waals surface area contributed by atoms with E-state index in [2.05, 4.69) is 26.1 Å². The summed E-state index contributed by atoms with van der Waals surface area (Å²) in [5.41, 5.74) is 2.51. The van der Waals surface area contributed by atoms with Crippen LogP contribution in [-0.4, -0.2) is 6.54 Å². The van der Waals surface area contributed by atoms with E-state index < -0.39 is 0 Å². The van der Waals surface area contributed by atoms with Crippen molar-refractivity contribution in [3.05, 3.63) is 33.3 Å². The summed E-state index contributed by atoms with van der Waals surface area (Å²) in [6.07, 6.45) is 1.06. The van der Waals surface area contributed by atoms with E-state index in [0.717, 1.165) is 23.0 Å². The van der Waals surface area contributed by atoms with Gasteiger partial charge in [-0.1, -0.05) is 44.0 Å². The Kier molecular flexibility index (Phi) is 3.22. The zero-order chi connectivity index (χ0) is 11.9. The molecular weight excluding hydrogens is 241 g/mol. The third kappa shape index (κ3) is 1.85. The Labute approximate surface area is 107 Å². The van der Waals surface area contributed by atoms with Crippen LogP contribution in [0, 0.1) is 0 Å². The number of halogens is 2. The van der Waals surface area contributed by atoms with Gasteiger partial charge in [0.15, 0.2) is 0 Å². The minimum absolute atomic E-state index is 0.101. The summed E-state index contributed by atoms with van der Waals surface area (Å²) in [6, 6.07) is 4.13. The predicted octanol–water partition coefficient (Wildman–Crippen LogP) is 4.33. The summed E-state index contributed by atoms with van der Waals surface area (Å²) in [6.45, 7) is 7.52. The van der Waals surface area contributed by atoms with Gasteiger partial charge in [-0.05, 0) is 41.6 Å². The molecule has 0 amide bonds. The molecule has 88 valence electrons. The molecule has 0 saturated heterocycles. The summed E-state index contributed by atoms with van der Waals surface area (Å²) < 4.78 is 0. The third-order valence-corrected chi connectivity index (χ3v) is 3.98. The second-order valence-corrected chi connectivity index (χ2v) is 5.83. The van der Waals surface area contributed by atoms with E-state index in [0.29, 0.717) is 6.04 Å². The molecule has 1 aromatic rings. The zero-order valence-electron chi connectivity index (χ0n) is 9.90. The van der Waals surface area contributed by atoms with Crippen LogP contribution in [0.25, 0.3) is 0 Å². The number of hydrogen-bond acceptors (Lipinski definition) is 1. The van der Waals surface area contributed by atoms with Crippen LogP contribution in [-0.2, 0) is 5.41 Å². The van der Waals surface area contributed by atoms with E-state index in [1.54, 1.807) is 0 Å². The molecule has 1 N–H and O–H groups in total. The maximum absolute atomic E-state index is 6.31. The SMILES string of the molecule is CCNC1CC(C)(C)c2c(Cl)ccc(Cl)c21. The van der Waals surface area contributed by atoms with E-state index >= 15 is 0 Å². The van der Waals surface area contributed by atoms with Crippen LogP contribution >= 0.6 is 23.2 Å². The topological polar surface area (TPSA) is 12.0 Å². The Hall–Kier alpha value is -0.240. The van der Waals surface area contributed by atoms with Gasteiger partial charge < -0.3 is 5.32 Å². The van der Waals surface area contributed by atoms with E-state index in [1.165, 1.54) is 11.1 Å². The van der Waals surface area contributed by atoms with Crippen LogP contribution in [0.5, 0.6) is 0 Å². The van der Waals surface area contributed by atoms with Crippen molar-refractivity contribution in [1.82, 2.24) is 5.32 Å². The number of hydrogen-bond donors (Lipinski definition) is 1. The molecule has 0 radical (unpaired) electrons. The van der Waals surface area contributed by atoms with Gasteiger partial charge in [0, 0.05) is 16.1 Å². The van der Waals surface area contributed by atoms with Gasteiger partial charge in [0.1, 0.15) is 0 Å². The van der Waals surface area contributed by atoms with Gasteiger partial charge in [-0.25, -0.2) is 0 Å². The van der Waals surface area contributed by atoms with Crippen molar-refractivity contribution < 1.29 is 0 Å². The largest absolute Gasteiger partial charge is 0.310 e. The molecule has 0 aliphatic heterocycles. The molecule has 1 aliphatic carbocycles. The zero-order valence-corrected chi connectivity index (χ0v) is 11.4. The number of nitrogens with one attached hydrogen (secondary N) is 1. The summed E-state index contributed by atoms with van der Waals surface area (Å²) >= 11 is 12.6. The van der Waals surface area contributed by atoms with Crippen LogP contribution in [0.2, 0.25) is 10.0 Å². The van der Waals surface area contributed by atoms with Crippen LogP contribution < -0.4 is 5.32 Å². The first-order valence-corrected chi connectivity index (χ1v) is 6.44. The molecule has 1 unspecified atom stereocenters. The molecule has 2 rings (SSSR count). The highest BCUT2D eigenvalue weighted by atomic mass is 35.5. The van der Waals surface area contributed by atoms with Crippen LogP contribution in [0.3, 0.4) is 0 Å². The quantitative estimate of drug-likeness (QED) is 0.832. The van der Waals surface area contributed by atoms with Gasteiger partial charge >= 0.3 is 0 Å². The Morgan fingerprint density at radius 3 is 2.56 bits per heavy atom. The molecule has 1 aliphatic rings. The Balaban J connectivity index is 2.58. The fourth-order valence-corrected chi connectivity index (χ4v) is 3.44. The molecule has 0 spiro atoms.